The maximum Gasteiger partial charge on any atom is 0.146 e. The van der Waals surface area contributed by atoms with Crippen LogP contribution in [0.5, 0.6) is 0 Å². The Morgan fingerprint density at radius 3 is 2.70 bits per heavy atom. The first-order valence-corrected chi connectivity index (χ1v) is 8.78. The molecule has 1 saturated carbocycles. The third-order valence-corrected chi connectivity index (χ3v) is 6.49. The molecule has 0 spiro atoms. The van der Waals surface area contributed by atoms with Crippen LogP contribution in [-0.4, -0.2) is 24.3 Å². The summed E-state index contributed by atoms with van der Waals surface area (Å²) in [5.41, 5.74) is 1.78. The molecule has 3 nitrogen and oxygen atoms in total. The Labute approximate surface area is 139 Å². The van der Waals surface area contributed by atoms with E-state index in [2.05, 4.69) is 19.9 Å². The van der Waals surface area contributed by atoms with Crippen LogP contribution in [0.15, 0.2) is 23.3 Å². The quantitative estimate of drug-likeness (QED) is 0.597. The predicted octanol–water partition coefficient (Wildman–Crippen LogP) is 3.86. The van der Waals surface area contributed by atoms with Crippen LogP contribution >= 0.6 is 0 Å². The topological polar surface area (TPSA) is 54.4 Å². The monoisotopic (exact) mass is 318 g/mol. The van der Waals surface area contributed by atoms with Crippen molar-refractivity contribution < 1.29 is 14.7 Å². The number of carbonyl (C=O) groups excluding carboxylic acids is 2. The maximum atomic E-state index is 11.7. The van der Waals surface area contributed by atoms with E-state index in [1.165, 1.54) is 6.42 Å². The van der Waals surface area contributed by atoms with Crippen LogP contribution < -0.4 is 0 Å². The fourth-order valence-corrected chi connectivity index (χ4v) is 5.07. The Bertz CT molecular complexity index is 519. The van der Waals surface area contributed by atoms with Crippen molar-refractivity contribution >= 4 is 12.6 Å². The Balaban J connectivity index is 2.25. The van der Waals surface area contributed by atoms with E-state index in [-0.39, 0.29) is 23.4 Å². The molecule has 0 bridgehead atoms. The van der Waals surface area contributed by atoms with E-state index < -0.39 is 0 Å². The summed E-state index contributed by atoms with van der Waals surface area (Å²) in [5, 5.41) is 9.14. The minimum Gasteiger partial charge on any atom is -0.392 e. The van der Waals surface area contributed by atoms with Crippen molar-refractivity contribution in [3.8, 4) is 0 Å². The van der Waals surface area contributed by atoms with Crippen molar-refractivity contribution in [2.75, 3.05) is 6.61 Å². The first-order chi connectivity index (χ1) is 10.9. The molecule has 0 amide bonds. The Morgan fingerprint density at radius 1 is 1.35 bits per heavy atom. The van der Waals surface area contributed by atoms with Crippen molar-refractivity contribution in [3.05, 3.63) is 23.3 Å². The van der Waals surface area contributed by atoms with Crippen molar-refractivity contribution in [1.29, 1.82) is 0 Å². The van der Waals surface area contributed by atoms with Crippen LogP contribution in [0.1, 0.15) is 59.3 Å². The molecule has 0 unspecified atom stereocenters. The van der Waals surface area contributed by atoms with E-state index in [0.29, 0.717) is 11.5 Å². The van der Waals surface area contributed by atoms with Crippen LogP contribution in [-0.2, 0) is 9.59 Å². The van der Waals surface area contributed by atoms with Gasteiger partial charge < -0.3 is 9.90 Å². The molecule has 0 aliphatic heterocycles. The number of aldehydes is 2. The van der Waals surface area contributed by atoms with E-state index in [1.54, 1.807) is 0 Å². The van der Waals surface area contributed by atoms with E-state index in [9.17, 15) is 9.59 Å². The number of carbonyl (C=O) groups is 2. The van der Waals surface area contributed by atoms with E-state index >= 15 is 0 Å². The number of fused-ring (bicyclic) bond motifs is 1. The van der Waals surface area contributed by atoms with E-state index in [1.807, 2.05) is 13.0 Å². The maximum absolute atomic E-state index is 11.7. The van der Waals surface area contributed by atoms with Gasteiger partial charge in [-0.15, -0.1) is 0 Å². The van der Waals surface area contributed by atoms with Crippen molar-refractivity contribution in [2.45, 2.75) is 59.3 Å². The smallest absolute Gasteiger partial charge is 0.146 e. The molecule has 0 heterocycles. The van der Waals surface area contributed by atoms with Crippen molar-refractivity contribution in [3.63, 3.8) is 0 Å². The first-order valence-electron chi connectivity index (χ1n) is 8.78. The van der Waals surface area contributed by atoms with E-state index in [0.717, 1.165) is 50.2 Å². The zero-order chi connectivity index (χ0) is 17.1. The molecular weight excluding hydrogens is 288 g/mol. The largest absolute Gasteiger partial charge is 0.392 e. The first kappa shape index (κ1) is 18.1. The summed E-state index contributed by atoms with van der Waals surface area (Å²) >= 11 is 0. The summed E-state index contributed by atoms with van der Waals surface area (Å²) < 4.78 is 0. The second-order valence-corrected chi connectivity index (χ2v) is 7.98. The number of allylic oxidation sites excluding steroid dienone is 3. The summed E-state index contributed by atoms with van der Waals surface area (Å²) in [6, 6.07) is 0. The lowest BCUT2D eigenvalue weighted by molar-refractivity contribution is -0.123. The molecule has 0 aromatic carbocycles. The van der Waals surface area contributed by atoms with Gasteiger partial charge in [-0.2, -0.15) is 0 Å². The predicted molar refractivity (Wildman–Crippen MR) is 91.9 cm³/mol. The fourth-order valence-electron chi connectivity index (χ4n) is 5.07. The second-order valence-electron chi connectivity index (χ2n) is 7.98. The van der Waals surface area contributed by atoms with Gasteiger partial charge in [-0.05, 0) is 61.3 Å². The Morgan fingerprint density at radius 2 is 2.09 bits per heavy atom. The summed E-state index contributed by atoms with van der Waals surface area (Å²) in [4.78, 5) is 23.0. The number of hydrogen-bond donors (Lipinski definition) is 1. The third kappa shape index (κ3) is 3.35. The molecule has 2 rings (SSSR count). The summed E-state index contributed by atoms with van der Waals surface area (Å²) in [6.07, 6.45) is 12.2. The Kier molecular flexibility index (Phi) is 5.61. The number of aliphatic hydroxyl groups excluding tert-OH is 1. The van der Waals surface area contributed by atoms with Crippen LogP contribution in [0, 0.1) is 22.7 Å². The van der Waals surface area contributed by atoms with Crippen molar-refractivity contribution in [2.24, 2.45) is 22.7 Å². The third-order valence-electron chi connectivity index (χ3n) is 6.49. The molecule has 4 atom stereocenters. The van der Waals surface area contributed by atoms with Gasteiger partial charge in [0.1, 0.15) is 12.6 Å². The van der Waals surface area contributed by atoms with Crippen molar-refractivity contribution in [1.82, 2.24) is 0 Å². The van der Waals surface area contributed by atoms with Crippen LogP contribution in [0.4, 0.5) is 0 Å². The van der Waals surface area contributed by atoms with Crippen LogP contribution in [0.2, 0.25) is 0 Å². The molecule has 1 N–H and O–H groups in total. The highest BCUT2D eigenvalue weighted by molar-refractivity contribution is 5.82. The zero-order valence-electron chi connectivity index (χ0n) is 14.7. The fraction of sp³-hybridized carbons (Fsp3) is 0.700. The second kappa shape index (κ2) is 7.12. The molecule has 2 aliphatic carbocycles. The minimum absolute atomic E-state index is 0.102. The summed E-state index contributed by atoms with van der Waals surface area (Å²) in [5.74, 6) is 0.179. The molecule has 0 aromatic rings. The highest BCUT2D eigenvalue weighted by Crippen LogP contribution is 2.60. The average molecular weight is 318 g/mol. The van der Waals surface area contributed by atoms with Gasteiger partial charge >= 0.3 is 0 Å². The number of aliphatic hydroxyl groups is 1. The molecule has 2 aliphatic rings. The molecular formula is C20H30O3. The molecule has 0 saturated heterocycles. The van der Waals surface area contributed by atoms with Gasteiger partial charge in [-0.1, -0.05) is 38.0 Å². The van der Waals surface area contributed by atoms with Gasteiger partial charge in [-0.3, -0.25) is 4.79 Å². The molecule has 0 aromatic heterocycles. The molecule has 23 heavy (non-hydrogen) atoms. The Hall–Kier alpha value is -1.22. The number of rotatable bonds is 6. The summed E-state index contributed by atoms with van der Waals surface area (Å²) in [6.45, 7) is 6.63. The van der Waals surface area contributed by atoms with Gasteiger partial charge in [0.15, 0.2) is 0 Å². The minimum atomic E-state index is -0.256. The van der Waals surface area contributed by atoms with Gasteiger partial charge in [-0.25, -0.2) is 0 Å². The SMILES string of the molecule is C/C(=C\CC[C@]1(C)CCC[C@@]2(C)[C@@H]1CC=C(C=O)[C@@H]2C=O)CO. The van der Waals surface area contributed by atoms with Gasteiger partial charge in [0.05, 0.1) is 6.61 Å². The summed E-state index contributed by atoms with van der Waals surface area (Å²) in [7, 11) is 0. The molecule has 0 radical (unpaired) electrons. The molecule has 128 valence electrons. The highest BCUT2D eigenvalue weighted by atomic mass is 16.3. The lowest BCUT2D eigenvalue weighted by atomic mass is 9.47. The lowest BCUT2D eigenvalue weighted by Gasteiger charge is -2.56. The molecule has 1 fully saturated rings. The van der Waals surface area contributed by atoms with E-state index in [4.69, 9.17) is 5.11 Å². The standard InChI is InChI=1S/C20H30O3/c1-15(12-21)6-4-9-19(2)10-5-11-20(3)17(14-23)16(13-22)7-8-18(19)20/h6-7,13-14,17-18,21H,4-5,8-12H2,1-3H3/b15-6+/t17-,18+,19+,20+/m0/s1. The van der Waals surface area contributed by atoms with Crippen LogP contribution in [0.3, 0.4) is 0 Å². The number of hydrogen-bond acceptors (Lipinski definition) is 3. The van der Waals surface area contributed by atoms with Gasteiger partial charge in [0.25, 0.3) is 0 Å². The lowest BCUT2D eigenvalue weighted by Crippen LogP contribution is -2.50. The highest BCUT2D eigenvalue weighted by Gasteiger charge is 2.53. The zero-order valence-corrected chi connectivity index (χ0v) is 14.7. The normalized spacial score (nSPS) is 37.7. The van der Waals surface area contributed by atoms with Crippen LogP contribution in [0.25, 0.3) is 0 Å². The average Bonchev–Trinajstić information content (AvgIpc) is 2.53. The molecule has 3 heteroatoms. The van der Waals surface area contributed by atoms with Gasteiger partial charge in [0.2, 0.25) is 0 Å². The van der Waals surface area contributed by atoms with Gasteiger partial charge in [0, 0.05) is 5.92 Å².